The van der Waals surface area contributed by atoms with E-state index in [0.717, 1.165) is 62.2 Å². The van der Waals surface area contributed by atoms with E-state index in [4.69, 9.17) is 16.3 Å². The zero-order valence-electron chi connectivity index (χ0n) is 14.7. The molecule has 0 amide bonds. The Balaban J connectivity index is 1.67. The second-order valence-electron chi connectivity index (χ2n) is 6.42. The second kappa shape index (κ2) is 9.22. The molecule has 2 aliphatic rings. The van der Waals surface area contributed by atoms with Crippen LogP contribution in [-0.4, -0.2) is 56.8 Å². The number of morpholine rings is 1. The molecule has 0 saturated carbocycles. The molecule has 1 atom stereocenters. The van der Waals surface area contributed by atoms with Gasteiger partial charge in [-0.05, 0) is 24.5 Å². The van der Waals surface area contributed by atoms with Crippen molar-refractivity contribution < 1.29 is 4.74 Å². The number of nitrogens with one attached hydrogen (secondary N) is 2. The summed E-state index contributed by atoms with van der Waals surface area (Å²) in [6.07, 6.45) is 6.53. The van der Waals surface area contributed by atoms with Crippen LogP contribution in [0.4, 0.5) is 0 Å². The van der Waals surface area contributed by atoms with Crippen LogP contribution in [0, 0.1) is 0 Å². The number of aliphatic imine (C=N–C) groups is 1. The van der Waals surface area contributed by atoms with Crippen molar-refractivity contribution in [1.82, 2.24) is 15.5 Å². The molecule has 3 rings (SSSR count). The van der Waals surface area contributed by atoms with Crippen molar-refractivity contribution >= 4 is 17.6 Å². The van der Waals surface area contributed by atoms with Crippen molar-refractivity contribution in [2.24, 2.45) is 4.99 Å². The molecular weight excluding hydrogens is 336 g/mol. The fourth-order valence-electron chi connectivity index (χ4n) is 3.39. The maximum Gasteiger partial charge on any atom is 0.191 e. The highest BCUT2D eigenvalue weighted by Crippen LogP contribution is 2.27. The van der Waals surface area contributed by atoms with E-state index in [1.807, 2.05) is 25.2 Å². The Morgan fingerprint density at radius 1 is 1.28 bits per heavy atom. The fourth-order valence-corrected chi connectivity index (χ4v) is 3.65. The molecule has 0 bridgehead atoms. The lowest BCUT2D eigenvalue weighted by Crippen LogP contribution is -2.48. The third-order valence-corrected chi connectivity index (χ3v) is 5.13. The van der Waals surface area contributed by atoms with Gasteiger partial charge in [0.2, 0.25) is 0 Å². The van der Waals surface area contributed by atoms with Crippen LogP contribution >= 0.6 is 11.6 Å². The highest BCUT2D eigenvalue weighted by molar-refractivity contribution is 6.31. The molecule has 5 nitrogen and oxygen atoms in total. The SMILES string of the molecule is CN=C(NCC(c1ccccc1Cl)N1CCOCC1)NC1CC=CC1. The zero-order valence-corrected chi connectivity index (χ0v) is 15.5. The van der Waals surface area contributed by atoms with E-state index in [9.17, 15) is 0 Å². The average Bonchev–Trinajstić information content (AvgIpc) is 3.16. The maximum absolute atomic E-state index is 6.49. The molecule has 1 heterocycles. The van der Waals surface area contributed by atoms with Crippen LogP contribution in [0.2, 0.25) is 5.02 Å². The molecule has 0 spiro atoms. The largest absolute Gasteiger partial charge is 0.379 e. The van der Waals surface area contributed by atoms with E-state index in [1.165, 1.54) is 0 Å². The number of hydrogen-bond donors (Lipinski definition) is 2. The first-order valence-electron chi connectivity index (χ1n) is 8.96. The summed E-state index contributed by atoms with van der Waals surface area (Å²) < 4.78 is 5.51. The molecular formula is C19H27ClN4O. The summed E-state index contributed by atoms with van der Waals surface area (Å²) >= 11 is 6.49. The molecule has 1 aliphatic heterocycles. The van der Waals surface area contributed by atoms with Crippen LogP contribution in [0.5, 0.6) is 0 Å². The Kier molecular flexibility index (Phi) is 6.73. The Morgan fingerprint density at radius 2 is 2.00 bits per heavy atom. The zero-order chi connectivity index (χ0) is 17.5. The van der Waals surface area contributed by atoms with E-state index < -0.39 is 0 Å². The summed E-state index contributed by atoms with van der Waals surface area (Å²) in [5.74, 6) is 0.846. The molecule has 0 radical (unpaired) electrons. The molecule has 25 heavy (non-hydrogen) atoms. The van der Waals surface area contributed by atoms with Crippen molar-refractivity contribution in [2.45, 2.75) is 24.9 Å². The molecule has 1 saturated heterocycles. The minimum atomic E-state index is 0.192. The Morgan fingerprint density at radius 3 is 2.68 bits per heavy atom. The summed E-state index contributed by atoms with van der Waals surface area (Å²) in [5.41, 5.74) is 1.15. The van der Waals surface area contributed by atoms with Crippen LogP contribution in [0.1, 0.15) is 24.4 Å². The summed E-state index contributed by atoms with van der Waals surface area (Å²) in [5, 5.41) is 7.79. The summed E-state index contributed by atoms with van der Waals surface area (Å²) in [6.45, 7) is 4.11. The van der Waals surface area contributed by atoms with Gasteiger partial charge in [0.05, 0.1) is 19.3 Å². The van der Waals surface area contributed by atoms with Crippen molar-refractivity contribution in [3.8, 4) is 0 Å². The van der Waals surface area contributed by atoms with Crippen molar-refractivity contribution in [3.63, 3.8) is 0 Å². The van der Waals surface area contributed by atoms with Crippen LogP contribution < -0.4 is 10.6 Å². The van der Waals surface area contributed by atoms with Gasteiger partial charge in [0.1, 0.15) is 0 Å². The van der Waals surface area contributed by atoms with Crippen LogP contribution in [0.25, 0.3) is 0 Å². The molecule has 1 aromatic rings. The monoisotopic (exact) mass is 362 g/mol. The maximum atomic E-state index is 6.49. The lowest BCUT2D eigenvalue weighted by Gasteiger charge is -2.35. The molecule has 0 aromatic heterocycles. The molecule has 6 heteroatoms. The van der Waals surface area contributed by atoms with E-state index in [0.29, 0.717) is 6.04 Å². The third-order valence-electron chi connectivity index (χ3n) is 4.79. The first-order chi connectivity index (χ1) is 12.3. The van der Waals surface area contributed by atoms with Gasteiger partial charge in [0, 0.05) is 37.7 Å². The number of halogens is 1. The number of rotatable bonds is 5. The molecule has 1 aromatic carbocycles. The molecule has 1 aliphatic carbocycles. The number of nitrogens with zero attached hydrogens (tertiary/aromatic N) is 2. The normalized spacial score (nSPS) is 20.6. The number of hydrogen-bond acceptors (Lipinski definition) is 3. The standard InChI is InChI=1S/C19H27ClN4O/c1-21-19(23-15-6-2-3-7-15)22-14-18(24-10-12-25-13-11-24)16-8-4-5-9-17(16)20/h2-5,8-9,15,18H,6-7,10-14H2,1H3,(H2,21,22,23). The van der Waals surface area contributed by atoms with E-state index in [2.05, 4.69) is 38.7 Å². The average molecular weight is 363 g/mol. The number of guanidine groups is 1. The predicted octanol–water partition coefficient (Wildman–Crippen LogP) is 2.60. The Hall–Kier alpha value is -1.56. The lowest BCUT2D eigenvalue weighted by atomic mass is 10.0. The van der Waals surface area contributed by atoms with Crippen molar-refractivity contribution in [1.29, 1.82) is 0 Å². The van der Waals surface area contributed by atoms with Gasteiger partial charge in [0.15, 0.2) is 5.96 Å². The summed E-state index contributed by atoms with van der Waals surface area (Å²) in [7, 11) is 1.82. The molecule has 136 valence electrons. The van der Waals surface area contributed by atoms with E-state index in [-0.39, 0.29) is 6.04 Å². The fraction of sp³-hybridized carbons (Fsp3) is 0.526. The smallest absolute Gasteiger partial charge is 0.191 e. The Labute approximate surface area is 155 Å². The second-order valence-corrected chi connectivity index (χ2v) is 6.83. The van der Waals surface area contributed by atoms with Crippen molar-refractivity contribution in [3.05, 3.63) is 47.0 Å². The van der Waals surface area contributed by atoms with E-state index >= 15 is 0 Å². The highest BCUT2D eigenvalue weighted by atomic mass is 35.5. The summed E-state index contributed by atoms with van der Waals surface area (Å²) in [6, 6.07) is 8.73. The number of ether oxygens (including phenoxy) is 1. The van der Waals surface area contributed by atoms with Crippen molar-refractivity contribution in [2.75, 3.05) is 39.9 Å². The highest BCUT2D eigenvalue weighted by Gasteiger charge is 2.24. The van der Waals surface area contributed by atoms with E-state index in [1.54, 1.807) is 0 Å². The minimum absolute atomic E-state index is 0.192. The molecule has 1 fully saturated rings. The van der Waals surface area contributed by atoms with Gasteiger partial charge in [0.25, 0.3) is 0 Å². The van der Waals surface area contributed by atoms with Gasteiger partial charge in [-0.25, -0.2) is 0 Å². The van der Waals surface area contributed by atoms with Gasteiger partial charge < -0.3 is 15.4 Å². The van der Waals surface area contributed by atoms with Crippen LogP contribution in [0.15, 0.2) is 41.4 Å². The third kappa shape index (κ3) is 4.97. The first-order valence-corrected chi connectivity index (χ1v) is 9.34. The van der Waals surface area contributed by atoms with Crippen LogP contribution in [-0.2, 0) is 4.74 Å². The predicted molar refractivity (Wildman–Crippen MR) is 103 cm³/mol. The van der Waals surface area contributed by atoms with Crippen LogP contribution in [0.3, 0.4) is 0 Å². The summed E-state index contributed by atoms with van der Waals surface area (Å²) in [4.78, 5) is 6.81. The molecule has 1 unspecified atom stereocenters. The topological polar surface area (TPSA) is 48.9 Å². The quantitative estimate of drug-likeness (QED) is 0.480. The van der Waals surface area contributed by atoms with Gasteiger partial charge in [-0.1, -0.05) is 42.0 Å². The molecule has 2 N–H and O–H groups in total. The van der Waals surface area contributed by atoms with Gasteiger partial charge in [-0.3, -0.25) is 9.89 Å². The van der Waals surface area contributed by atoms with Gasteiger partial charge in [-0.2, -0.15) is 0 Å². The lowest BCUT2D eigenvalue weighted by molar-refractivity contribution is 0.0170. The Bertz CT molecular complexity index is 605. The number of benzene rings is 1. The van der Waals surface area contributed by atoms with Gasteiger partial charge >= 0.3 is 0 Å². The minimum Gasteiger partial charge on any atom is -0.379 e. The van der Waals surface area contributed by atoms with Gasteiger partial charge in [-0.15, -0.1) is 0 Å². The first kappa shape index (κ1) is 18.2.